The van der Waals surface area contributed by atoms with Crippen molar-refractivity contribution in [2.45, 2.75) is 26.3 Å². The first-order valence-corrected chi connectivity index (χ1v) is 11.2. The van der Waals surface area contributed by atoms with E-state index in [1.165, 1.54) is 23.3 Å². The Morgan fingerprint density at radius 2 is 1.91 bits per heavy atom. The average molecular weight is 461 g/mol. The van der Waals surface area contributed by atoms with Gasteiger partial charge in [0.15, 0.2) is 5.43 Å². The average Bonchev–Trinajstić information content (AvgIpc) is 3.42. The number of methoxy groups -OCH3 is 1. The van der Waals surface area contributed by atoms with E-state index in [9.17, 15) is 14.4 Å². The molecule has 0 spiro atoms. The van der Waals surface area contributed by atoms with Crippen LogP contribution in [0.2, 0.25) is 0 Å². The minimum Gasteiger partial charge on any atom is -0.465 e. The number of benzene rings is 2. The van der Waals surface area contributed by atoms with E-state index >= 15 is 0 Å². The Kier molecular flexibility index (Phi) is 5.05. The van der Waals surface area contributed by atoms with E-state index < -0.39 is 17.9 Å². The summed E-state index contributed by atoms with van der Waals surface area (Å²) in [4.78, 5) is 40.5. The molecule has 166 valence electrons. The highest BCUT2D eigenvalue weighted by atomic mass is 32.1. The number of hydrogen-bond donors (Lipinski definition) is 0. The van der Waals surface area contributed by atoms with Gasteiger partial charge in [-0.2, -0.15) is 0 Å². The van der Waals surface area contributed by atoms with Gasteiger partial charge in [0.1, 0.15) is 10.6 Å². The number of carbonyl (C=O) groups excluding carboxylic acids is 2. The van der Waals surface area contributed by atoms with E-state index in [2.05, 4.69) is 10.2 Å². The molecule has 0 bridgehead atoms. The van der Waals surface area contributed by atoms with Crippen LogP contribution in [0.1, 0.15) is 55.6 Å². The molecule has 33 heavy (non-hydrogen) atoms. The number of esters is 1. The maximum Gasteiger partial charge on any atom is 0.337 e. The van der Waals surface area contributed by atoms with Crippen molar-refractivity contribution in [3.63, 3.8) is 0 Å². The number of hydrogen-bond acceptors (Lipinski definition) is 8. The van der Waals surface area contributed by atoms with Gasteiger partial charge >= 0.3 is 5.97 Å². The van der Waals surface area contributed by atoms with Crippen LogP contribution in [-0.2, 0) is 11.2 Å². The third-order valence-corrected chi connectivity index (χ3v) is 6.70. The zero-order chi connectivity index (χ0) is 23.3. The molecule has 0 saturated heterocycles. The molecule has 1 amide bonds. The van der Waals surface area contributed by atoms with Crippen LogP contribution >= 0.6 is 11.3 Å². The Hall–Kier alpha value is -3.85. The van der Waals surface area contributed by atoms with E-state index in [4.69, 9.17) is 9.15 Å². The zero-order valence-electron chi connectivity index (χ0n) is 18.1. The highest BCUT2D eigenvalue weighted by molar-refractivity contribution is 7.15. The number of aromatic nitrogens is 2. The van der Waals surface area contributed by atoms with Crippen molar-refractivity contribution >= 4 is 39.3 Å². The summed E-state index contributed by atoms with van der Waals surface area (Å²) < 4.78 is 10.7. The van der Waals surface area contributed by atoms with Crippen LogP contribution in [0.25, 0.3) is 11.0 Å². The van der Waals surface area contributed by atoms with Crippen LogP contribution < -0.4 is 10.3 Å². The van der Waals surface area contributed by atoms with Crippen LogP contribution in [0.4, 0.5) is 5.13 Å². The normalized spacial score (nSPS) is 15.2. The molecule has 0 fully saturated rings. The summed E-state index contributed by atoms with van der Waals surface area (Å²) in [5, 5.41) is 9.91. The lowest BCUT2D eigenvalue weighted by molar-refractivity contribution is 0.0600. The van der Waals surface area contributed by atoms with Crippen LogP contribution in [0.3, 0.4) is 0 Å². The predicted octanol–water partition coefficient (Wildman–Crippen LogP) is 4.05. The number of amides is 1. The second kappa shape index (κ2) is 7.93. The lowest BCUT2D eigenvalue weighted by Gasteiger charge is -2.22. The molecule has 1 unspecified atom stereocenters. The van der Waals surface area contributed by atoms with E-state index in [0.29, 0.717) is 33.6 Å². The summed E-state index contributed by atoms with van der Waals surface area (Å²) >= 11 is 1.29. The van der Waals surface area contributed by atoms with E-state index in [1.54, 1.807) is 36.4 Å². The summed E-state index contributed by atoms with van der Waals surface area (Å²) in [6.45, 7) is 3.84. The Morgan fingerprint density at radius 3 is 2.58 bits per heavy atom. The van der Waals surface area contributed by atoms with Gasteiger partial charge in [0, 0.05) is 0 Å². The molecule has 1 aliphatic rings. The monoisotopic (exact) mass is 461 g/mol. The van der Waals surface area contributed by atoms with Crippen molar-refractivity contribution in [1.29, 1.82) is 0 Å². The zero-order valence-corrected chi connectivity index (χ0v) is 18.9. The standard InChI is InChI=1S/C24H19N3O5S/c1-4-17-25-26-24(33-17)27-19(13-6-8-14(9-7-13)23(30)31-3)18-20(28)15-11-12(2)5-10-16(15)32-21(18)22(27)29/h5-11,19H,4H2,1-3H3. The molecule has 8 nitrogen and oxygen atoms in total. The minimum atomic E-state index is -0.766. The first kappa shape index (κ1) is 21.0. The molecule has 5 rings (SSSR count). The van der Waals surface area contributed by atoms with Gasteiger partial charge in [0.2, 0.25) is 10.9 Å². The van der Waals surface area contributed by atoms with Crippen molar-refractivity contribution < 1.29 is 18.7 Å². The molecule has 0 aliphatic carbocycles. The molecule has 2 aromatic carbocycles. The molecule has 4 aromatic rings. The number of fused-ring (bicyclic) bond motifs is 2. The summed E-state index contributed by atoms with van der Waals surface area (Å²) in [6, 6.07) is 11.1. The topological polar surface area (TPSA) is 103 Å². The van der Waals surface area contributed by atoms with E-state index in [0.717, 1.165) is 10.6 Å². The second-order valence-corrected chi connectivity index (χ2v) is 8.74. The van der Waals surface area contributed by atoms with Gasteiger partial charge in [0.25, 0.3) is 5.91 Å². The largest absolute Gasteiger partial charge is 0.465 e. The highest BCUT2D eigenvalue weighted by Gasteiger charge is 2.45. The lowest BCUT2D eigenvalue weighted by Crippen LogP contribution is -2.29. The predicted molar refractivity (Wildman–Crippen MR) is 123 cm³/mol. The maximum absolute atomic E-state index is 13.6. The fourth-order valence-corrected chi connectivity index (χ4v) is 4.81. The number of rotatable bonds is 4. The van der Waals surface area contributed by atoms with Gasteiger partial charge in [-0.15, -0.1) is 10.2 Å². The van der Waals surface area contributed by atoms with E-state index in [1.807, 2.05) is 19.9 Å². The molecule has 9 heteroatoms. The number of ether oxygens (including phenoxy) is 1. The summed E-state index contributed by atoms with van der Waals surface area (Å²) in [6.07, 6.45) is 0.672. The third kappa shape index (κ3) is 3.32. The van der Waals surface area contributed by atoms with Crippen molar-refractivity contribution in [2.75, 3.05) is 12.0 Å². The fraction of sp³-hybridized carbons (Fsp3) is 0.208. The lowest BCUT2D eigenvalue weighted by atomic mass is 9.97. The summed E-state index contributed by atoms with van der Waals surface area (Å²) in [7, 11) is 1.31. The van der Waals surface area contributed by atoms with Crippen molar-refractivity contribution in [2.24, 2.45) is 0 Å². The molecular formula is C24H19N3O5S. The van der Waals surface area contributed by atoms with Gasteiger partial charge in [0.05, 0.1) is 29.7 Å². The SMILES string of the molecule is CCc1nnc(N2C(=O)c3oc4ccc(C)cc4c(=O)c3C2c2ccc(C(=O)OC)cc2)s1. The summed E-state index contributed by atoms with van der Waals surface area (Å²) in [5.41, 5.74) is 2.24. The Morgan fingerprint density at radius 1 is 1.15 bits per heavy atom. The van der Waals surface area contributed by atoms with Crippen molar-refractivity contribution in [3.8, 4) is 0 Å². The molecule has 1 aliphatic heterocycles. The summed E-state index contributed by atoms with van der Waals surface area (Å²) in [5.74, 6) is -0.934. The molecule has 3 heterocycles. The number of nitrogens with zero attached hydrogens (tertiary/aromatic N) is 3. The van der Waals surface area contributed by atoms with Crippen LogP contribution in [-0.4, -0.2) is 29.2 Å². The van der Waals surface area contributed by atoms with Crippen molar-refractivity contribution in [3.05, 3.63) is 85.7 Å². The molecule has 1 atom stereocenters. The second-order valence-electron chi connectivity index (χ2n) is 7.70. The van der Waals surface area contributed by atoms with Gasteiger partial charge in [-0.1, -0.05) is 42.0 Å². The quantitative estimate of drug-likeness (QED) is 0.422. The van der Waals surface area contributed by atoms with Gasteiger partial charge in [-0.05, 0) is 43.2 Å². The molecule has 0 saturated carbocycles. The molecule has 0 radical (unpaired) electrons. The van der Waals surface area contributed by atoms with Crippen LogP contribution in [0.15, 0.2) is 51.7 Å². The third-order valence-electron chi connectivity index (χ3n) is 5.64. The smallest absolute Gasteiger partial charge is 0.337 e. The van der Waals surface area contributed by atoms with Gasteiger partial charge in [-0.25, -0.2) is 4.79 Å². The van der Waals surface area contributed by atoms with Gasteiger partial charge in [-0.3, -0.25) is 14.5 Å². The Labute approximate surface area is 192 Å². The molecule has 0 N–H and O–H groups in total. The maximum atomic E-state index is 13.6. The number of aryl methyl sites for hydroxylation is 2. The first-order valence-electron chi connectivity index (χ1n) is 10.3. The van der Waals surface area contributed by atoms with E-state index in [-0.39, 0.29) is 16.8 Å². The highest BCUT2D eigenvalue weighted by Crippen LogP contribution is 2.42. The van der Waals surface area contributed by atoms with Crippen LogP contribution in [0, 0.1) is 6.92 Å². The number of anilines is 1. The van der Waals surface area contributed by atoms with Crippen LogP contribution in [0.5, 0.6) is 0 Å². The Balaban J connectivity index is 1.75. The Bertz CT molecular complexity index is 1470. The minimum absolute atomic E-state index is 0.00774. The number of carbonyl (C=O) groups is 2. The van der Waals surface area contributed by atoms with Crippen molar-refractivity contribution in [1.82, 2.24) is 10.2 Å². The van der Waals surface area contributed by atoms with Gasteiger partial charge < -0.3 is 9.15 Å². The fourth-order valence-electron chi connectivity index (χ4n) is 4.00. The molecular weight excluding hydrogens is 442 g/mol. The molecule has 2 aromatic heterocycles. The first-order chi connectivity index (χ1) is 15.9.